The van der Waals surface area contributed by atoms with Crippen LogP contribution in [0.1, 0.15) is 34.7 Å². The molecule has 0 atom stereocenters. The highest BCUT2D eigenvalue weighted by Crippen LogP contribution is 2.42. The third-order valence-electron chi connectivity index (χ3n) is 6.80. The van der Waals surface area contributed by atoms with Crippen LogP contribution >= 0.6 is 0 Å². The van der Waals surface area contributed by atoms with E-state index in [2.05, 4.69) is 11.1 Å². The molecule has 1 heterocycles. The highest BCUT2D eigenvalue weighted by molar-refractivity contribution is 5.90. The number of aliphatic imine (C=N–C) groups is 1. The first-order chi connectivity index (χ1) is 20.9. The lowest BCUT2D eigenvalue weighted by Crippen LogP contribution is -2.00. The van der Waals surface area contributed by atoms with Crippen LogP contribution in [0, 0.1) is 35.3 Å². The number of nitro groups is 1. The molecule has 8 nitrogen and oxygen atoms in total. The average molecular weight is 572 g/mol. The number of aryl methyl sites for hydroxylation is 2. The van der Waals surface area contributed by atoms with Gasteiger partial charge in [-0.1, -0.05) is 59.7 Å². The highest BCUT2D eigenvalue weighted by Gasteiger charge is 2.23. The summed E-state index contributed by atoms with van der Waals surface area (Å²) in [5, 5.41) is 21.1. The van der Waals surface area contributed by atoms with Gasteiger partial charge in [0.15, 0.2) is 11.5 Å². The molecule has 214 valence electrons. The van der Waals surface area contributed by atoms with Crippen LogP contribution in [-0.2, 0) is 6.61 Å². The van der Waals surface area contributed by atoms with E-state index in [0.29, 0.717) is 35.0 Å². The van der Waals surface area contributed by atoms with Gasteiger partial charge in [-0.05, 0) is 67.8 Å². The standard InChI is InChI=1S/C35H29N3O5/c1-4-41-32-19-26(11-18-31(32)42-22-25-9-16-29(17-10-25)38(39)40)21-37-35-30(20-36)33(27-12-5-23(2)6-13-27)34(43-35)28-14-7-24(3)8-15-28/h5-19,21H,4,22H2,1-3H3. The van der Waals surface area contributed by atoms with Crippen molar-refractivity contribution in [2.75, 3.05) is 6.61 Å². The molecule has 0 aliphatic heterocycles. The summed E-state index contributed by atoms with van der Waals surface area (Å²) in [6.07, 6.45) is 1.63. The average Bonchev–Trinajstić information content (AvgIpc) is 3.39. The SMILES string of the molecule is CCOc1cc(C=Nc2oc(-c3ccc(C)cc3)c(-c3ccc(C)cc3)c2C#N)ccc1OCc1ccc([N+](=O)[O-])cc1. The molecule has 43 heavy (non-hydrogen) atoms. The molecular weight excluding hydrogens is 542 g/mol. The van der Waals surface area contributed by atoms with Crippen molar-refractivity contribution in [2.24, 2.45) is 4.99 Å². The predicted octanol–water partition coefficient (Wildman–Crippen LogP) is 8.74. The summed E-state index contributed by atoms with van der Waals surface area (Å²) in [5.74, 6) is 1.84. The molecular formula is C35H29N3O5. The quantitative estimate of drug-likeness (QED) is 0.0941. The molecule has 0 aliphatic rings. The molecule has 0 N–H and O–H groups in total. The lowest BCUT2D eigenvalue weighted by molar-refractivity contribution is -0.384. The van der Waals surface area contributed by atoms with Crippen molar-refractivity contribution in [1.82, 2.24) is 0 Å². The normalized spacial score (nSPS) is 10.9. The minimum absolute atomic E-state index is 0.0236. The van der Waals surface area contributed by atoms with Gasteiger partial charge < -0.3 is 13.9 Å². The van der Waals surface area contributed by atoms with Crippen LogP contribution in [0.25, 0.3) is 22.5 Å². The first-order valence-electron chi connectivity index (χ1n) is 13.7. The van der Waals surface area contributed by atoms with Gasteiger partial charge in [0, 0.05) is 29.5 Å². The number of nitrogens with zero attached hydrogens (tertiary/aromatic N) is 3. The van der Waals surface area contributed by atoms with Crippen LogP contribution in [-0.4, -0.2) is 17.7 Å². The van der Waals surface area contributed by atoms with Gasteiger partial charge in [-0.25, -0.2) is 4.99 Å². The van der Waals surface area contributed by atoms with Crippen molar-refractivity contribution in [3.8, 4) is 40.0 Å². The fraction of sp³-hybridized carbons (Fsp3) is 0.143. The molecule has 0 saturated carbocycles. The van der Waals surface area contributed by atoms with E-state index in [1.807, 2.05) is 75.4 Å². The summed E-state index contributed by atoms with van der Waals surface area (Å²) in [6, 6.07) is 29.9. The largest absolute Gasteiger partial charge is 0.490 e. The first kappa shape index (κ1) is 28.8. The Bertz CT molecular complexity index is 1810. The molecule has 8 heteroatoms. The van der Waals surface area contributed by atoms with Crippen molar-refractivity contribution in [1.29, 1.82) is 5.26 Å². The summed E-state index contributed by atoms with van der Waals surface area (Å²) in [4.78, 5) is 15.1. The van der Waals surface area contributed by atoms with E-state index in [4.69, 9.17) is 13.9 Å². The van der Waals surface area contributed by atoms with Gasteiger partial charge in [0.05, 0.1) is 11.5 Å². The molecule has 0 bridgehead atoms. The van der Waals surface area contributed by atoms with Gasteiger partial charge in [-0.15, -0.1) is 0 Å². The zero-order valence-corrected chi connectivity index (χ0v) is 24.0. The second kappa shape index (κ2) is 12.9. The second-order valence-corrected chi connectivity index (χ2v) is 9.94. The molecule has 5 rings (SSSR count). The van der Waals surface area contributed by atoms with Gasteiger partial charge >= 0.3 is 0 Å². The third-order valence-corrected chi connectivity index (χ3v) is 6.80. The maximum Gasteiger partial charge on any atom is 0.269 e. The fourth-order valence-corrected chi connectivity index (χ4v) is 4.52. The van der Waals surface area contributed by atoms with Crippen LogP contribution in [0.2, 0.25) is 0 Å². The van der Waals surface area contributed by atoms with Crippen molar-refractivity contribution in [3.05, 3.63) is 129 Å². The van der Waals surface area contributed by atoms with Crippen molar-refractivity contribution >= 4 is 17.8 Å². The van der Waals surface area contributed by atoms with E-state index >= 15 is 0 Å². The molecule has 0 radical (unpaired) electrons. The Kier molecular flexibility index (Phi) is 8.63. The number of non-ortho nitro benzene ring substituents is 1. The van der Waals surface area contributed by atoms with Crippen molar-refractivity contribution < 1.29 is 18.8 Å². The number of furan rings is 1. The van der Waals surface area contributed by atoms with Crippen LogP contribution in [0.15, 0.2) is 100 Å². The van der Waals surface area contributed by atoms with E-state index < -0.39 is 4.92 Å². The van der Waals surface area contributed by atoms with Gasteiger partial charge in [0.1, 0.15) is 24.0 Å². The molecule has 0 aliphatic carbocycles. The van der Waals surface area contributed by atoms with Crippen LogP contribution in [0.5, 0.6) is 11.5 Å². The predicted molar refractivity (Wildman–Crippen MR) is 166 cm³/mol. The Hall–Kier alpha value is -5.68. The molecule has 1 aromatic heterocycles. The zero-order valence-electron chi connectivity index (χ0n) is 24.0. The zero-order chi connectivity index (χ0) is 30.3. The number of hydrogen-bond acceptors (Lipinski definition) is 7. The number of rotatable bonds is 10. The first-order valence-corrected chi connectivity index (χ1v) is 13.7. The van der Waals surface area contributed by atoms with Crippen molar-refractivity contribution in [3.63, 3.8) is 0 Å². The maximum atomic E-state index is 10.9. The number of ether oxygens (including phenoxy) is 2. The number of nitro benzene ring substituents is 1. The second-order valence-electron chi connectivity index (χ2n) is 9.94. The van der Waals surface area contributed by atoms with Crippen molar-refractivity contribution in [2.45, 2.75) is 27.4 Å². The van der Waals surface area contributed by atoms with Crippen LogP contribution < -0.4 is 9.47 Å². The Morgan fingerprint density at radius 2 is 1.53 bits per heavy atom. The lowest BCUT2D eigenvalue weighted by Gasteiger charge is -2.12. The highest BCUT2D eigenvalue weighted by atomic mass is 16.6. The van der Waals surface area contributed by atoms with E-state index in [1.165, 1.54) is 12.1 Å². The number of benzene rings is 4. The minimum Gasteiger partial charge on any atom is -0.490 e. The smallest absolute Gasteiger partial charge is 0.269 e. The van der Waals surface area contributed by atoms with Crippen LogP contribution in [0.3, 0.4) is 0 Å². The van der Waals surface area contributed by atoms with E-state index in [0.717, 1.165) is 33.4 Å². The minimum atomic E-state index is -0.437. The van der Waals surface area contributed by atoms with Gasteiger partial charge in [0.25, 0.3) is 5.69 Å². The summed E-state index contributed by atoms with van der Waals surface area (Å²) in [5.41, 5.74) is 6.54. The molecule has 4 aromatic carbocycles. The van der Waals surface area contributed by atoms with E-state index in [1.54, 1.807) is 30.5 Å². The van der Waals surface area contributed by atoms with Gasteiger partial charge in [-0.2, -0.15) is 5.26 Å². The number of nitriles is 1. The Balaban J connectivity index is 1.45. The van der Waals surface area contributed by atoms with Crippen LogP contribution in [0.4, 0.5) is 11.6 Å². The summed E-state index contributed by atoms with van der Waals surface area (Å²) in [7, 11) is 0. The lowest BCUT2D eigenvalue weighted by atomic mass is 9.97. The molecule has 0 fully saturated rings. The monoisotopic (exact) mass is 571 g/mol. The Morgan fingerprint density at radius 1 is 0.884 bits per heavy atom. The van der Waals surface area contributed by atoms with E-state index in [9.17, 15) is 15.4 Å². The van der Waals surface area contributed by atoms with Gasteiger partial charge in [-0.3, -0.25) is 10.1 Å². The molecule has 0 spiro atoms. The topological polar surface area (TPSA) is 111 Å². The summed E-state index contributed by atoms with van der Waals surface area (Å²) >= 11 is 0. The Labute approximate surface area is 249 Å². The molecule has 5 aromatic rings. The van der Waals surface area contributed by atoms with E-state index in [-0.39, 0.29) is 18.2 Å². The molecule has 0 saturated heterocycles. The third kappa shape index (κ3) is 6.63. The summed E-state index contributed by atoms with van der Waals surface area (Å²) in [6.45, 7) is 6.55. The maximum absolute atomic E-state index is 10.9. The number of hydrogen-bond donors (Lipinski definition) is 0. The Morgan fingerprint density at radius 3 is 2.14 bits per heavy atom. The summed E-state index contributed by atoms with van der Waals surface area (Å²) < 4.78 is 18.0. The molecule has 0 amide bonds. The fourth-order valence-electron chi connectivity index (χ4n) is 4.52. The molecule has 0 unspecified atom stereocenters. The van der Waals surface area contributed by atoms with Gasteiger partial charge in [0.2, 0.25) is 5.88 Å².